The Morgan fingerprint density at radius 2 is 0.835 bits per heavy atom. The Kier molecular flexibility index (Phi) is 41.9. The van der Waals surface area contributed by atoms with Gasteiger partial charge in [0.25, 0.3) is 0 Å². The van der Waals surface area contributed by atoms with Gasteiger partial charge in [-0.2, -0.15) is 0 Å². The highest BCUT2D eigenvalue weighted by Gasteiger charge is 2.53. The number of hydrogen-bond acceptors (Lipinski definition) is 18. The van der Waals surface area contributed by atoms with Crippen molar-refractivity contribution in [2.24, 2.45) is 0 Å². The summed E-state index contributed by atoms with van der Waals surface area (Å²) in [6.45, 7) is 1.29. The van der Waals surface area contributed by atoms with Gasteiger partial charge in [0.05, 0.1) is 38.6 Å². The zero-order valence-corrected chi connectivity index (χ0v) is 50.5. The van der Waals surface area contributed by atoms with Gasteiger partial charge in [-0.15, -0.1) is 0 Å². The molecule has 3 rings (SSSR count). The largest absolute Gasteiger partial charge is 0.394 e. The van der Waals surface area contributed by atoms with Crippen LogP contribution in [0, 0.1) is 0 Å². The van der Waals surface area contributed by atoms with E-state index >= 15 is 0 Å². The predicted molar refractivity (Wildman–Crippen MR) is 327 cm³/mol. The van der Waals surface area contributed by atoms with Crippen LogP contribution in [-0.2, 0) is 33.2 Å². The van der Waals surface area contributed by atoms with Crippen LogP contribution in [0.2, 0.25) is 0 Å². The average molecular weight is 1200 g/mol. The molecule has 3 fully saturated rings. The van der Waals surface area contributed by atoms with Crippen molar-refractivity contribution in [3.05, 3.63) is 122 Å². The van der Waals surface area contributed by atoms with Crippen LogP contribution in [0.5, 0.6) is 0 Å². The SMILES string of the molecule is C/C=C/CC/C=C/CC/C=C/C(O)C(COC1OC(CO)C(OC2OC(CO)C(OC3OC(CO)C(O)C(O)C3O)C(O)C2O)C(O)C1O)NC(=O)CCCCCCCCCCC/C=C\C/C=C\C/C=C\C/C=C\C/C=C\C/C=C\C/C=C\CC. The van der Waals surface area contributed by atoms with Gasteiger partial charge in [0.15, 0.2) is 18.9 Å². The second-order valence-electron chi connectivity index (χ2n) is 21.8. The fourth-order valence-electron chi connectivity index (χ4n) is 9.74. The number of aliphatic hydroxyl groups is 11. The molecule has 0 spiro atoms. The van der Waals surface area contributed by atoms with Gasteiger partial charge >= 0.3 is 0 Å². The molecule has 0 aromatic heterocycles. The zero-order chi connectivity index (χ0) is 61.9. The van der Waals surface area contributed by atoms with E-state index in [2.05, 4.69) is 116 Å². The second-order valence-corrected chi connectivity index (χ2v) is 21.8. The van der Waals surface area contributed by atoms with E-state index in [0.717, 1.165) is 96.3 Å². The lowest BCUT2D eigenvalue weighted by molar-refractivity contribution is -0.379. The van der Waals surface area contributed by atoms with Crippen molar-refractivity contribution in [1.29, 1.82) is 0 Å². The van der Waals surface area contributed by atoms with Crippen molar-refractivity contribution in [3.63, 3.8) is 0 Å². The average Bonchev–Trinajstić information content (AvgIpc) is 3.55. The third kappa shape index (κ3) is 30.3. The molecule has 0 aromatic rings. The van der Waals surface area contributed by atoms with Gasteiger partial charge in [-0.05, 0) is 96.8 Å². The molecule has 3 aliphatic heterocycles. The fraction of sp³-hybridized carbons (Fsp3) is 0.682. The number of hydrogen-bond donors (Lipinski definition) is 12. The fourth-order valence-corrected chi connectivity index (χ4v) is 9.74. The molecule has 85 heavy (non-hydrogen) atoms. The molecule has 0 bridgehead atoms. The number of carbonyl (C=O) groups is 1. The molecular formula is C66H107NO18. The normalized spacial score (nSPS) is 29.8. The van der Waals surface area contributed by atoms with E-state index in [0.29, 0.717) is 12.8 Å². The lowest BCUT2D eigenvalue weighted by atomic mass is 9.96. The highest BCUT2D eigenvalue weighted by Crippen LogP contribution is 2.33. The predicted octanol–water partition coefficient (Wildman–Crippen LogP) is 6.48. The van der Waals surface area contributed by atoms with E-state index in [1.54, 1.807) is 12.2 Å². The number of unbranched alkanes of at least 4 members (excludes halogenated alkanes) is 11. The van der Waals surface area contributed by atoms with Crippen molar-refractivity contribution >= 4 is 5.91 Å². The summed E-state index contributed by atoms with van der Waals surface area (Å²) in [6, 6.07) is -1.01. The molecule has 19 nitrogen and oxygen atoms in total. The number of amides is 1. The van der Waals surface area contributed by atoms with Crippen LogP contribution in [0.25, 0.3) is 0 Å². The minimum Gasteiger partial charge on any atom is -0.394 e. The van der Waals surface area contributed by atoms with Crippen LogP contribution in [-0.4, -0.2) is 193 Å². The molecule has 0 radical (unpaired) electrons. The molecule has 3 aliphatic rings. The number of aliphatic hydroxyl groups excluding tert-OH is 11. The number of rotatable bonds is 44. The maximum Gasteiger partial charge on any atom is 0.220 e. The van der Waals surface area contributed by atoms with E-state index in [9.17, 15) is 61.0 Å². The third-order valence-corrected chi connectivity index (χ3v) is 14.8. The van der Waals surface area contributed by atoms with Gasteiger partial charge in [-0.1, -0.05) is 173 Å². The van der Waals surface area contributed by atoms with Crippen LogP contribution < -0.4 is 5.32 Å². The Morgan fingerprint density at radius 1 is 0.447 bits per heavy atom. The first-order valence-electron chi connectivity index (χ1n) is 31.3. The van der Waals surface area contributed by atoms with Crippen LogP contribution in [0.1, 0.15) is 155 Å². The number of ether oxygens (including phenoxy) is 6. The van der Waals surface area contributed by atoms with E-state index in [-0.39, 0.29) is 18.9 Å². The monoisotopic (exact) mass is 1200 g/mol. The van der Waals surface area contributed by atoms with Gasteiger partial charge in [-0.25, -0.2) is 0 Å². The Hall–Kier alpha value is -3.81. The van der Waals surface area contributed by atoms with Crippen LogP contribution in [0.3, 0.4) is 0 Å². The maximum atomic E-state index is 13.3. The highest BCUT2D eigenvalue weighted by atomic mass is 16.8. The van der Waals surface area contributed by atoms with Gasteiger partial charge in [0.2, 0.25) is 5.91 Å². The summed E-state index contributed by atoms with van der Waals surface area (Å²) >= 11 is 0. The van der Waals surface area contributed by atoms with Gasteiger partial charge < -0.3 is 89.9 Å². The molecule has 3 saturated heterocycles. The Balaban J connectivity index is 1.39. The summed E-state index contributed by atoms with van der Waals surface area (Å²) < 4.78 is 34.1. The van der Waals surface area contributed by atoms with E-state index in [1.807, 2.05) is 13.0 Å². The first kappa shape index (κ1) is 75.4. The molecule has 0 saturated carbocycles. The van der Waals surface area contributed by atoms with E-state index in [1.165, 1.54) is 25.7 Å². The summed E-state index contributed by atoms with van der Waals surface area (Å²) in [6.07, 6.45) is 36.6. The summed E-state index contributed by atoms with van der Waals surface area (Å²) in [4.78, 5) is 13.3. The van der Waals surface area contributed by atoms with E-state index < -0.39 is 124 Å². The molecule has 0 aliphatic carbocycles. The Bertz CT molecular complexity index is 2020. The van der Waals surface area contributed by atoms with Crippen LogP contribution >= 0.6 is 0 Å². The number of allylic oxidation sites excluding steroid dienone is 19. The summed E-state index contributed by atoms with van der Waals surface area (Å²) in [5.74, 6) is -0.307. The lowest BCUT2D eigenvalue weighted by Crippen LogP contribution is -2.66. The molecule has 0 aromatic carbocycles. The number of carbonyl (C=O) groups excluding carboxylic acids is 1. The minimum atomic E-state index is -1.99. The molecule has 17 atom stereocenters. The van der Waals surface area contributed by atoms with Crippen molar-refractivity contribution in [2.75, 3.05) is 26.4 Å². The molecule has 12 N–H and O–H groups in total. The minimum absolute atomic E-state index is 0.215. The van der Waals surface area contributed by atoms with Crippen molar-refractivity contribution in [3.8, 4) is 0 Å². The quantitative estimate of drug-likeness (QED) is 0.0229. The highest BCUT2D eigenvalue weighted by molar-refractivity contribution is 5.76. The standard InChI is InChI=1S/C66H107NO18/c1-3-5-7-9-11-13-14-15-16-17-18-19-20-21-22-23-24-25-26-27-28-29-30-31-32-33-34-36-38-40-42-44-54(72)67-49(50(71)43-41-39-37-35-12-10-8-6-4-2)48-80-64-60(78)57(75)62(52(46-69)82-64)85-66-61(79)58(76)63(53(47-70)83-66)84-65-59(77)56(74)55(73)51(45-68)81-65/h4-7,11-13,15-16,18-19,21-22,24-25,27-28,35,41,43,49-53,55-66,68-71,73-79H,3,8-10,14,17,20,23,26,29-34,36-40,42,44-48H2,1-2H3,(H,67,72)/b6-4+,7-5-,13-11-,16-15-,19-18-,22-21-,25-24-,28-27-,35-12+,43-41+. The molecule has 19 heteroatoms. The first-order chi connectivity index (χ1) is 41.3. The van der Waals surface area contributed by atoms with Crippen molar-refractivity contribution in [2.45, 2.75) is 259 Å². The zero-order valence-electron chi connectivity index (χ0n) is 50.5. The molecule has 3 heterocycles. The molecule has 17 unspecified atom stereocenters. The molecular weight excluding hydrogens is 1090 g/mol. The Morgan fingerprint density at radius 3 is 1.32 bits per heavy atom. The van der Waals surface area contributed by atoms with E-state index in [4.69, 9.17) is 28.4 Å². The molecule has 1 amide bonds. The van der Waals surface area contributed by atoms with Gasteiger partial charge in [-0.3, -0.25) is 4.79 Å². The second kappa shape index (κ2) is 47.2. The third-order valence-electron chi connectivity index (χ3n) is 14.8. The molecule has 484 valence electrons. The first-order valence-corrected chi connectivity index (χ1v) is 31.3. The van der Waals surface area contributed by atoms with Gasteiger partial charge in [0.1, 0.15) is 73.2 Å². The van der Waals surface area contributed by atoms with Crippen molar-refractivity contribution in [1.82, 2.24) is 5.32 Å². The maximum absolute atomic E-state index is 13.3. The Labute approximate surface area is 506 Å². The van der Waals surface area contributed by atoms with Gasteiger partial charge in [0, 0.05) is 6.42 Å². The van der Waals surface area contributed by atoms with Crippen molar-refractivity contribution < 1.29 is 89.4 Å². The summed E-state index contributed by atoms with van der Waals surface area (Å²) in [7, 11) is 0. The summed E-state index contributed by atoms with van der Waals surface area (Å²) in [5.41, 5.74) is 0. The smallest absolute Gasteiger partial charge is 0.220 e. The number of nitrogens with one attached hydrogen (secondary N) is 1. The lowest BCUT2D eigenvalue weighted by Gasteiger charge is -2.48. The van der Waals surface area contributed by atoms with Crippen LogP contribution in [0.15, 0.2) is 122 Å². The van der Waals surface area contributed by atoms with Crippen LogP contribution in [0.4, 0.5) is 0 Å². The summed E-state index contributed by atoms with van der Waals surface area (Å²) in [5, 5.41) is 120. The topological polar surface area (TPSA) is 307 Å².